The quantitative estimate of drug-likeness (QED) is 0.701. The molecule has 1 saturated heterocycles. The van der Waals surface area contributed by atoms with Gasteiger partial charge < -0.3 is 14.2 Å². The van der Waals surface area contributed by atoms with Gasteiger partial charge in [-0.15, -0.1) is 0 Å². The number of aromatic nitrogens is 3. The first-order chi connectivity index (χ1) is 13.8. The van der Waals surface area contributed by atoms with E-state index in [1.165, 1.54) is 11.1 Å². The first kappa shape index (κ1) is 17.6. The summed E-state index contributed by atoms with van der Waals surface area (Å²) in [4.78, 5) is 11.6. The number of likely N-dealkylation sites (tertiary alicyclic amines) is 1. The van der Waals surface area contributed by atoms with E-state index in [0.717, 1.165) is 56.0 Å². The Morgan fingerprint density at radius 2 is 1.79 bits per heavy atom. The van der Waals surface area contributed by atoms with Crippen molar-refractivity contribution in [1.82, 2.24) is 19.4 Å². The third-order valence-corrected chi connectivity index (χ3v) is 5.97. The van der Waals surface area contributed by atoms with Gasteiger partial charge in [0, 0.05) is 43.8 Å². The van der Waals surface area contributed by atoms with Crippen LogP contribution in [0.2, 0.25) is 0 Å². The van der Waals surface area contributed by atoms with Crippen LogP contribution in [-0.4, -0.2) is 45.7 Å². The summed E-state index contributed by atoms with van der Waals surface area (Å²) >= 11 is 0. The Morgan fingerprint density at radius 1 is 1.00 bits per heavy atom. The lowest BCUT2D eigenvalue weighted by atomic mass is 10.00. The van der Waals surface area contributed by atoms with Gasteiger partial charge in [0.1, 0.15) is 11.9 Å². The molecule has 144 valence electrons. The number of piperidine rings is 1. The molecule has 1 atom stereocenters. The first-order valence-electron chi connectivity index (χ1n) is 10.2. The van der Waals surface area contributed by atoms with Crippen LogP contribution in [0.3, 0.4) is 0 Å². The molecular formula is C23H26N4O. The van der Waals surface area contributed by atoms with Crippen LogP contribution in [0.5, 0.6) is 0 Å². The third-order valence-electron chi connectivity index (χ3n) is 5.97. The lowest BCUT2D eigenvalue weighted by Gasteiger charge is -2.32. The SMILES string of the molecule is CN1CCC(OC2c3ccccc3CCn3cc(-c4ccncc4)nc32)CC1. The second-order valence-corrected chi connectivity index (χ2v) is 7.88. The van der Waals surface area contributed by atoms with Crippen molar-refractivity contribution >= 4 is 0 Å². The molecule has 5 heteroatoms. The molecule has 5 nitrogen and oxygen atoms in total. The Labute approximate surface area is 166 Å². The molecule has 4 heterocycles. The van der Waals surface area contributed by atoms with Gasteiger partial charge in [0.2, 0.25) is 0 Å². The number of pyridine rings is 1. The van der Waals surface area contributed by atoms with E-state index in [9.17, 15) is 0 Å². The van der Waals surface area contributed by atoms with Gasteiger partial charge in [-0.3, -0.25) is 4.98 Å². The van der Waals surface area contributed by atoms with Gasteiger partial charge in [-0.25, -0.2) is 4.98 Å². The molecule has 3 aromatic rings. The standard InChI is InChI=1S/C23H26N4O/c1-26-13-9-19(10-14-26)28-22-20-5-3-2-4-17(20)8-15-27-16-21(25-23(22)27)18-6-11-24-12-7-18/h2-7,11-12,16,19,22H,8-10,13-15H2,1H3. The summed E-state index contributed by atoms with van der Waals surface area (Å²) in [5.74, 6) is 1.02. The fourth-order valence-corrected chi connectivity index (χ4v) is 4.33. The lowest BCUT2D eigenvalue weighted by molar-refractivity contribution is -0.0275. The van der Waals surface area contributed by atoms with Crippen LogP contribution >= 0.6 is 0 Å². The van der Waals surface area contributed by atoms with Crippen molar-refractivity contribution in [3.05, 3.63) is 71.9 Å². The van der Waals surface area contributed by atoms with E-state index in [-0.39, 0.29) is 12.2 Å². The monoisotopic (exact) mass is 374 g/mol. The minimum absolute atomic E-state index is 0.109. The summed E-state index contributed by atoms with van der Waals surface area (Å²) in [5.41, 5.74) is 4.74. The summed E-state index contributed by atoms with van der Waals surface area (Å²) in [6.07, 6.45) is 9.14. The van der Waals surface area contributed by atoms with Crippen molar-refractivity contribution in [3.63, 3.8) is 0 Å². The highest BCUT2D eigenvalue weighted by Gasteiger charge is 2.30. The summed E-state index contributed by atoms with van der Waals surface area (Å²) in [5, 5.41) is 0. The molecule has 1 aromatic carbocycles. The molecule has 1 unspecified atom stereocenters. The van der Waals surface area contributed by atoms with E-state index < -0.39 is 0 Å². The summed E-state index contributed by atoms with van der Waals surface area (Å²) in [6, 6.07) is 12.7. The molecule has 28 heavy (non-hydrogen) atoms. The highest BCUT2D eigenvalue weighted by molar-refractivity contribution is 5.58. The number of aryl methyl sites for hydroxylation is 2. The number of rotatable bonds is 3. The van der Waals surface area contributed by atoms with Crippen LogP contribution in [-0.2, 0) is 17.7 Å². The summed E-state index contributed by atoms with van der Waals surface area (Å²) in [6.45, 7) is 3.11. The molecule has 0 aliphatic carbocycles. The van der Waals surface area contributed by atoms with Crippen molar-refractivity contribution in [3.8, 4) is 11.3 Å². The fraction of sp³-hybridized carbons (Fsp3) is 0.391. The first-order valence-corrected chi connectivity index (χ1v) is 10.2. The molecule has 0 radical (unpaired) electrons. The second kappa shape index (κ2) is 7.49. The van der Waals surface area contributed by atoms with E-state index in [4.69, 9.17) is 9.72 Å². The number of hydrogen-bond donors (Lipinski definition) is 0. The average molecular weight is 374 g/mol. The van der Waals surface area contributed by atoms with E-state index in [2.05, 4.69) is 52.0 Å². The van der Waals surface area contributed by atoms with Gasteiger partial charge in [-0.1, -0.05) is 24.3 Å². The molecule has 1 fully saturated rings. The Balaban J connectivity index is 1.53. The smallest absolute Gasteiger partial charge is 0.143 e. The average Bonchev–Trinajstić information content (AvgIpc) is 3.11. The van der Waals surface area contributed by atoms with Crippen molar-refractivity contribution in [2.45, 2.75) is 38.0 Å². The van der Waals surface area contributed by atoms with Crippen molar-refractivity contribution in [2.75, 3.05) is 20.1 Å². The fourth-order valence-electron chi connectivity index (χ4n) is 4.33. The molecule has 0 spiro atoms. The maximum atomic E-state index is 6.74. The van der Waals surface area contributed by atoms with Crippen LogP contribution < -0.4 is 0 Å². The minimum Gasteiger partial charge on any atom is -0.362 e. The van der Waals surface area contributed by atoms with Gasteiger partial charge in [0.25, 0.3) is 0 Å². The van der Waals surface area contributed by atoms with Crippen LogP contribution in [0.4, 0.5) is 0 Å². The Morgan fingerprint density at radius 3 is 2.61 bits per heavy atom. The zero-order chi connectivity index (χ0) is 18.9. The van der Waals surface area contributed by atoms with E-state index in [1.54, 1.807) is 0 Å². The Kier molecular flexibility index (Phi) is 4.71. The molecule has 2 aromatic heterocycles. The maximum Gasteiger partial charge on any atom is 0.143 e. The van der Waals surface area contributed by atoms with Gasteiger partial charge >= 0.3 is 0 Å². The topological polar surface area (TPSA) is 43.2 Å². The number of fused-ring (bicyclic) bond motifs is 2. The van der Waals surface area contributed by atoms with Gasteiger partial charge in [-0.2, -0.15) is 0 Å². The predicted molar refractivity (Wildman–Crippen MR) is 109 cm³/mol. The Bertz CT molecular complexity index is 944. The summed E-state index contributed by atoms with van der Waals surface area (Å²) in [7, 11) is 2.19. The van der Waals surface area contributed by atoms with Crippen LogP contribution in [0.1, 0.15) is 35.9 Å². The zero-order valence-corrected chi connectivity index (χ0v) is 16.3. The third kappa shape index (κ3) is 3.36. The van der Waals surface area contributed by atoms with E-state index in [0.29, 0.717) is 0 Å². The van der Waals surface area contributed by atoms with E-state index in [1.807, 2.05) is 24.5 Å². The molecular weight excluding hydrogens is 348 g/mol. The normalized spacial score (nSPS) is 20.4. The molecule has 5 rings (SSSR count). The van der Waals surface area contributed by atoms with Crippen molar-refractivity contribution < 1.29 is 4.74 Å². The lowest BCUT2D eigenvalue weighted by Crippen LogP contribution is -2.35. The van der Waals surface area contributed by atoms with Crippen LogP contribution in [0, 0.1) is 0 Å². The molecule has 0 bridgehead atoms. The minimum atomic E-state index is -0.109. The second-order valence-electron chi connectivity index (χ2n) is 7.88. The molecule has 2 aliphatic heterocycles. The van der Waals surface area contributed by atoms with Crippen molar-refractivity contribution in [1.29, 1.82) is 0 Å². The highest BCUT2D eigenvalue weighted by atomic mass is 16.5. The molecule has 0 N–H and O–H groups in total. The number of benzene rings is 1. The van der Waals surface area contributed by atoms with E-state index >= 15 is 0 Å². The van der Waals surface area contributed by atoms with Gasteiger partial charge in [0.05, 0.1) is 11.8 Å². The number of nitrogens with zero attached hydrogens (tertiary/aromatic N) is 4. The van der Waals surface area contributed by atoms with Gasteiger partial charge in [0.15, 0.2) is 0 Å². The molecule has 2 aliphatic rings. The summed E-state index contributed by atoms with van der Waals surface area (Å²) < 4.78 is 9.03. The largest absolute Gasteiger partial charge is 0.362 e. The molecule has 0 saturated carbocycles. The number of imidazole rings is 1. The maximum absolute atomic E-state index is 6.74. The van der Waals surface area contributed by atoms with Crippen LogP contribution in [0.25, 0.3) is 11.3 Å². The number of ether oxygens (including phenoxy) is 1. The highest BCUT2D eigenvalue weighted by Crippen LogP contribution is 2.35. The van der Waals surface area contributed by atoms with Crippen LogP contribution in [0.15, 0.2) is 55.0 Å². The molecule has 0 amide bonds. The Hall–Kier alpha value is -2.50. The van der Waals surface area contributed by atoms with Crippen molar-refractivity contribution in [2.24, 2.45) is 0 Å². The predicted octanol–water partition coefficient (Wildman–Crippen LogP) is 3.70. The van der Waals surface area contributed by atoms with Gasteiger partial charge in [-0.05, 0) is 49.6 Å². The number of hydrogen-bond acceptors (Lipinski definition) is 4. The zero-order valence-electron chi connectivity index (χ0n) is 16.3.